The molecule has 0 radical (unpaired) electrons. The molecule has 0 aromatic carbocycles. The van der Waals surface area contributed by atoms with Crippen LogP contribution in [-0.2, 0) is 0 Å². The van der Waals surface area contributed by atoms with Crippen LogP contribution in [0.2, 0.25) is 5.15 Å². The van der Waals surface area contributed by atoms with Crippen LogP contribution in [0.15, 0.2) is 12.4 Å². The summed E-state index contributed by atoms with van der Waals surface area (Å²) in [6.07, 6.45) is 3.18. The van der Waals surface area contributed by atoms with Crippen molar-refractivity contribution in [2.45, 2.75) is 19.8 Å². The summed E-state index contributed by atoms with van der Waals surface area (Å²) in [4.78, 5) is 4.88. The average molecular weight is 281 g/mol. The average Bonchev–Trinajstić information content (AvgIpc) is 2.94. The lowest BCUT2D eigenvalue weighted by molar-refractivity contribution is 0.812. The Morgan fingerprint density at radius 2 is 2.06 bits per heavy atom. The zero-order valence-electron chi connectivity index (χ0n) is 9.70. The molecule has 0 atom stereocenters. The zero-order valence-corrected chi connectivity index (χ0v) is 11.3. The molecule has 3 heterocycles. The SMILES string of the molecule is CC(C)c1nnsc1-c1nnc2cncc(Cl)n12. The molecule has 0 amide bonds. The van der Waals surface area contributed by atoms with Crippen molar-refractivity contribution in [1.82, 2.24) is 29.2 Å². The van der Waals surface area contributed by atoms with Crippen LogP contribution < -0.4 is 0 Å². The largest absolute Gasteiger partial charge is 0.261 e. The van der Waals surface area contributed by atoms with Gasteiger partial charge < -0.3 is 0 Å². The van der Waals surface area contributed by atoms with E-state index in [0.717, 1.165) is 10.6 Å². The van der Waals surface area contributed by atoms with Crippen LogP contribution >= 0.6 is 23.1 Å². The Hall–Kier alpha value is -1.60. The van der Waals surface area contributed by atoms with Crippen molar-refractivity contribution in [1.29, 1.82) is 0 Å². The van der Waals surface area contributed by atoms with E-state index in [4.69, 9.17) is 11.6 Å². The summed E-state index contributed by atoms with van der Waals surface area (Å²) in [6.45, 7) is 4.12. The van der Waals surface area contributed by atoms with Gasteiger partial charge in [0.25, 0.3) is 0 Å². The molecule has 6 nitrogen and oxygen atoms in total. The Balaban J connectivity index is 2.29. The number of nitrogens with zero attached hydrogens (tertiary/aromatic N) is 6. The lowest BCUT2D eigenvalue weighted by atomic mass is 10.1. The maximum Gasteiger partial charge on any atom is 0.183 e. The molecule has 0 aliphatic heterocycles. The highest BCUT2D eigenvalue weighted by atomic mass is 35.5. The molecular formula is C10H9ClN6S. The van der Waals surface area contributed by atoms with Gasteiger partial charge in [-0.25, -0.2) is 0 Å². The molecule has 0 saturated carbocycles. The van der Waals surface area contributed by atoms with Crippen molar-refractivity contribution in [3.8, 4) is 10.7 Å². The first-order valence-electron chi connectivity index (χ1n) is 5.35. The second-order valence-electron chi connectivity index (χ2n) is 4.09. The minimum Gasteiger partial charge on any atom is -0.261 e. The smallest absolute Gasteiger partial charge is 0.183 e. The Labute approximate surface area is 112 Å². The van der Waals surface area contributed by atoms with Crippen molar-refractivity contribution >= 4 is 28.8 Å². The van der Waals surface area contributed by atoms with Crippen LogP contribution in [0.4, 0.5) is 0 Å². The van der Waals surface area contributed by atoms with Crippen LogP contribution in [0, 0.1) is 0 Å². The van der Waals surface area contributed by atoms with E-state index in [2.05, 4.69) is 38.6 Å². The fourth-order valence-corrected chi connectivity index (χ4v) is 2.71. The van der Waals surface area contributed by atoms with Crippen molar-refractivity contribution in [3.63, 3.8) is 0 Å². The lowest BCUT2D eigenvalue weighted by Crippen LogP contribution is -1.95. The van der Waals surface area contributed by atoms with E-state index in [1.807, 2.05) is 0 Å². The van der Waals surface area contributed by atoms with Crippen molar-refractivity contribution in [2.24, 2.45) is 0 Å². The van der Waals surface area contributed by atoms with Gasteiger partial charge in [0.2, 0.25) is 0 Å². The third kappa shape index (κ3) is 1.67. The van der Waals surface area contributed by atoms with Gasteiger partial charge in [0, 0.05) is 0 Å². The second kappa shape index (κ2) is 4.25. The van der Waals surface area contributed by atoms with Gasteiger partial charge in [-0.1, -0.05) is 29.9 Å². The number of hydrogen-bond acceptors (Lipinski definition) is 6. The van der Waals surface area contributed by atoms with E-state index in [1.165, 1.54) is 11.5 Å². The number of halogens is 1. The molecule has 0 aliphatic carbocycles. The highest BCUT2D eigenvalue weighted by Crippen LogP contribution is 2.30. The topological polar surface area (TPSA) is 68.9 Å². The first-order chi connectivity index (χ1) is 8.68. The fraction of sp³-hybridized carbons (Fsp3) is 0.300. The summed E-state index contributed by atoms with van der Waals surface area (Å²) in [5.41, 5.74) is 1.52. The van der Waals surface area contributed by atoms with E-state index in [-0.39, 0.29) is 5.92 Å². The molecule has 0 saturated heterocycles. The van der Waals surface area contributed by atoms with Crippen LogP contribution in [0.1, 0.15) is 25.5 Å². The first kappa shape index (κ1) is 11.5. The molecule has 3 aromatic rings. The minimum atomic E-state index is 0.270. The highest BCUT2D eigenvalue weighted by Gasteiger charge is 2.19. The molecule has 0 unspecified atom stereocenters. The lowest BCUT2D eigenvalue weighted by Gasteiger charge is -2.03. The molecule has 3 rings (SSSR count). The molecule has 0 N–H and O–H groups in total. The fourth-order valence-electron chi connectivity index (χ4n) is 1.69. The molecule has 92 valence electrons. The van der Waals surface area contributed by atoms with Gasteiger partial charge in [0.05, 0.1) is 18.1 Å². The van der Waals surface area contributed by atoms with Crippen molar-refractivity contribution in [3.05, 3.63) is 23.2 Å². The van der Waals surface area contributed by atoms with Gasteiger partial charge in [-0.2, -0.15) is 0 Å². The molecule has 0 aliphatic rings. The molecule has 8 heteroatoms. The first-order valence-corrected chi connectivity index (χ1v) is 6.51. The molecule has 0 fully saturated rings. The Morgan fingerprint density at radius 1 is 1.22 bits per heavy atom. The summed E-state index contributed by atoms with van der Waals surface area (Å²) in [7, 11) is 0. The predicted octanol–water partition coefficient (Wildman–Crippen LogP) is 2.42. The van der Waals surface area contributed by atoms with Crippen LogP contribution in [0.25, 0.3) is 16.3 Å². The van der Waals surface area contributed by atoms with E-state index in [1.54, 1.807) is 16.8 Å². The van der Waals surface area contributed by atoms with Crippen LogP contribution in [0.5, 0.6) is 0 Å². The van der Waals surface area contributed by atoms with Gasteiger partial charge >= 0.3 is 0 Å². The summed E-state index contributed by atoms with van der Waals surface area (Å²) >= 11 is 7.43. The van der Waals surface area contributed by atoms with Crippen molar-refractivity contribution in [2.75, 3.05) is 0 Å². The standard InChI is InChI=1S/C10H9ClN6S/c1-5(2)8-9(18-16-14-8)10-15-13-7-4-12-3-6(11)17(7)10/h3-5H,1-2H3. The molecule has 0 spiro atoms. The molecule has 18 heavy (non-hydrogen) atoms. The Kier molecular flexibility index (Phi) is 2.71. The molecule has 3 aromatic heterocycles. The van der Waals surface area contributed by atoms with E-state index in [0.29, 0.717) is 16.6 Å². The van der Waals surface area contributed by atoms with Gasteiger partial charge in [-0.3, -0.25) is 9.38 Å². The van der Waals surface area contributed by atoms with Crippen LogP contribution in [-0.4, -0.2) is 29.2 Å². The van der Waals surface area contributed by atoms with Crippen LogP contribution in [0.3, 0.4) is 0 Å². The minimum absolute atomic E-state index is 0.270. The molecular weight excluding hydrogens is 272 g/mol. The monoisotopic (exact) mass is 280 g/mol. The summed E-state index contributed by atoms with van der Waals surface area (Å²) in [5.74, 6) is 0.933. The van der Waals surface area contributed by atoms with E-state index < -0.39 is 0 Å². The third-order valence-electron chi connectivity index (χ3n) is 2.54. The highest BCUT2D eigenvalue weighted by molar-refractivity contribution is 7.09. The number of fused-ring (bicyclic) bond motifs is 1. The van der Waals surface area contributed by atoms with Gasteiger partial charge in [-0.15, -0.1) is 15.3 Å². The molecule has 0 bridgehead atoms. The number of aromatic nitrogens is 6. The Morgan fingerprint density at radius 3 is 2.83 bits per heavy atom. The van der Waals surface area contributed by atoms with E-state index in [9.17, 15) is 0 Å². The van der Waals surface area contributed by atoms with Gasteiger partial charge in [0.1, 0.15) is 10.0 Å². The normalized spacial score (nSPS) is 11.6. The van der Waals surface area contributed by atoms with Gasteiger partial charge in [0.15, 0.2) is 11.5 Å². The Bertz CT molecular complexity index is 703. The second-order valence-corrected chi connectivity index (χ2v) is 5.23. The predicted molar refractivity (Wildman–Crippen MR) is 68.8 cm³/mol. The summed E-state index contributed by atoms with van der Waals surface area (Å²) < 4.78 is 5.73. The quantitative estimate of drug-likeness (QED) is 0.721. The number of hydrogen-bond donors (Lipinski definition) is 0. The summed E-state index contributed by atoms with van der Waals surface area (Å²) in [5, 5.41) is 12.8. The van der Waals surface area contributed by atoms with E-state index >= 15 is 0 Å². The number of rotatable bonds is 2. The third-order valence-corrected chi connectivity index (χ3v) is 3.54. The van der Waals surface area contributed by atoms with Crippen molar-refractivity contribution < 1.29 is 0 Å². The zero-order chi connectivity index (χ0) is 12.7. The maximum absolute atomic E-state index is 6.14. The summed E-state index contributed by atoms with van der Waals surface area (Å²) in [6, 6.07) is 0. The maximum atomic E-state index is 6.14. The van der Waals surface area contributed by atoms with Gasteiger partial charge in [-0.05, 0) is 17.5 Å².